The van der Waals surface area contributed by atoms with Gasteiger partial charge in [-0.25, -0.2) is 0 Å². The van der Waals surface area contributed by atoms with Gasteiger partial charge in [0, 0.05) is 25.4 Å². The molecule has 0 radical (unpaired) electrons. The van der Waals surface area contributed by atoms with Gasteiger partial charge >= 0.3 is 5.97 Å². The van der Waals surface area contributed by atoms with Gasteiger partial charge in [0.1, 0.15) is 6.10 Å². The molecule has 0 unspecified atom stereocenters. The topological polar surface area (TPSA) is 101 Å². The number of esters is 1. The smallest absolute Gasteiger partial charge is 0.303 e. The Hall–Kier alpha value is -3.00. The Kier molecular flexibility index (Phi) is 5.00. The number of aliphatic hydroxyl groups excluding tert-OH is 1. The lowest BCUT2D eigenvalue weighted by atomic mass is 9.69. The summed E-state index contributed by atoms with van der Waals surface area (Å²) >= 11 is 0. The standard InChI is InChI=1S/C23H26O8/c1-6-7-22-10-15(25)20(26)23(28-5,21(22)31-13(3)24)18(12(22)2)14-8-16(27-4)19-17(9-14)29-11-30-19/h6,8-10,12,18,21,25H,1,7,11H2,2-5H3/t12-,18+,21+,22-,23+/m1/s1. The summed E-state index contributed by atoms with van der Waals surface area (Å²) in [5.74, 6) is -1.03. The lowest BCUT2D eigenvalue weighted by Crippen LogP contribution is -2.58. The number of hydrogen-bond donors (Lipinski definition) is 1. The third-order valence-corrected chi connectivity index (χ3v) is 6.84. The van der Waals surface area contributed by atoms with Gasteiger partial charge < -0.3 is 28.8 Å². The summed E-state index contributed by atoms with van der Waals surface area (Å²) in [6.07, 6.45) is 2.60. The maximum absolute atomic E-state index is 13.4. The number of Topliss-reactive ketones (excluding diaryl/α,β-unsaturated/α-hetero) is 1. The summed E-state index contributed by atoms with van der Waals surface area (Å²) < 4.78 is 28.2. The molecule has 1 aromatic carbocycles. The van der Waals surface area contributed by atoms with Gasteiger partial charge in [-0.05, 0) is 36.1 Å². The van der Waals surface area contributed by atoms with E-state index in [1.165, 1.54) is 27.2 Å². The second-order valence-corrected chi connectivity index (χ2v) is 8.17. The molecule has 31 heavy (non-hydrogen) atoms. The number of rotatable bonds is 6. The highest BCUT2D eigenvalue weighted by Gasteiger charge is 2.74. The minimum absolute atomic E-state index is 0.0581. The molecule has 1 aliphatic heterocycles. The zero-order valence-electron chi connectivity index (χ0n) is 18.0. The predicted molar refractivity (Wildman–Crippen MR) is 109 cm³/mol. The van der Waals surface area contributed by atoms with Crippen molar-refractivity contribution in [1.29, 1.82) is 0 Å². The molecule has 1 fully saturated rings. The molecule has 0 saturated heterocycles. The number of aliphatic hydroxyl groups is 1. The highest BCUT2D eigenvalue weighted by Crippen LogP contribution is 2.65. The molecule has 3 aliphatic rings. The van der Waals surface area contributed by atoms with Crippen molar-refractivity contribution in [2.75, 3.05) is 21.0 Å². The van der Waals surface area contributed by atoms with Crippen molar-refractivity contribution in [3.63, 3.8) is 0 Å². The van der Waals surface area contributed by atoms with E-state index < -0.39 is 40.5 Å². The first-order chi connectivity index (χ1) is 14.8. The first-order valence-electron chi connectivity index (χ1n) is 10.0. The fourth-order valence-corrected chi connectivity index (χ4v) is 5.63. The molecule has 0 spiro atoms. The predicted octanol–water partition coefficient (Wildman–Crippen LogP) is 3.06. The summed E-state index contributed by atoms with van der Waals surface area (Å²) in [4.78, 5) is 25.5. The molecule has 4 rings (SSSR count). The second kappa shape index (κ2) is 7.30. The Labute approximate surface area is 180 Å². The Morgan fingerprint density at radius 2 is 2.10 bits per heavy atom. The molecule has 8 nitrogen and oxygen atoms in total. The average Bonchev–Trinajstić information content (AvgIpc) is 3.26. The molecule has 0 aromatic heterocycles. The van der Waals surface area contributed by atoms with Crippen molar-refractivity contribution < 1.29 is 38.4 Å². The molecular weight excluding hydrogens is 404 g/mol. The van der Waals surface area contributed by atoms with Gasteiger partial charge in [0.25, 0.3) is 0 Å². The summed E-state index contributed by atoms with van der Waals surface area (Å²) in [5, 5.41) is 10.6. The van der Waals surface area contributed by atoms with Crippen LogP contribution >= 0.6 is 0 Å². The van der Waals surface area contributed by atoms with Gasteiger partial charge in [-0.2, -0.15) is 0 Å². The van der Waals surface area contributed by atoms with Crippen molar-refractivity contribution >= 4 is 11.8 Å². The Morgan fingerprint density at radius 1 is 1.35 bits per heavy atom. The first-order valence-corrected chi connectivity index (χ1v) is 10.0. The van der Waals surface area contributed by atoms with E-state index in [0.717, 1.165) is 0 Å². The van der Waals surface area contributed by atoms with E-state index in [-0.39, 0.29) is 12.7 Å². The fourth-order valence-electron chi connectivity index (χ4n) is 5.63. The fraction of sp³-hybridized carbons (Fsp3) is 0.478. The number of methoxy groups -OCH3 is 2. The maximum atomic E-state index is 13.4. The minimum Gasteiger partial charge on any atom is -0.505 e. The van der Waals surface area contributed by atoms with E-state index in [2.05, 4.69) is 6.58 Å². The number of hydrogen-bond acceptors (Lipinski definition) is 8. The van der Waals surface area contributed by atoms with E-state index in [4.69, 9.17) is 23.7 Å². The molecule has 8 heteroatoms. The zero-order valence-corrected chi connectivity index (χ0v) is 18.0. The van der Waals surface area contributed by atoms with E-state index in [1.807, 2.05) is 6.92 Å². The van der Waals surface area contributed by atoms with Crippen LogP contribution in [0.15, 0.2) is 36.6 Å². The van der Waals surface area contributed by atoms with Crippen LogP contribution in [-0.2, 0) is 19.1 Å². The number of carbonyl (C=O) groups excluding carboxylic acids is 2. The molecule has 1 N–H and O–H groups in total. The normalized spacial score (nSPS) is 33.1. The summed E-state index contributed by atoms with van der Waals surface area (Å²) in [7, 11) is 2.91. The van der Waals surface area contributed by atoms with Crippen LogP contribution in [0.5, 0.6) is 17.2 Å². The minimum atomic E-state index is -1.63. The van der Waals surface area contributed by atoms with Gasteiger partial charge in [0.15, 0.2) is 22.9 Å². The van der Waals surface area contributed by atoms with Crippen LogP contribution in [0.4, 0.5) is 0 Å². The molecular formula is C23H26O8. The van der Waals surface area contributed by atoms with Crippen molar-refractivity contribution in [1.82, 2.24) is 0 Å². The van der Waals surface area contributed by atoms with Gasteiger partial charge in [0.2, 0.25) is 18.3 Å². The van der Waals surface area contributed by atoms with Crippen molar-refractivity contribution in [2.24, 2.45) is 11.3 Å². The number of ketones is 1. The number of ether oxygens (including phenoxy) is 5. The quantitative estimate of drug-likeness (QED) is 0.543. The van der Waals surface area contributed by atoms with Crippen LogP contribution in [0, 0.1) is 11.3 Å². The first kappa shape index (κ1) is 21.2. The maximum Gasteiger partial charge on any atom is 0.303 e. The molecule has 0 amide bonds. The van der Waals surface area contributed by atoms with Crippen LogP contribution in [0.25, 0.3) is 0 Å². The third-order valence-electron chi connectivity index (χ3n) is 6.84. The van der Waals surface area contributed by atoms with Gasteiger partial charge in [-0.3, -0.25) is 9.59 Å². The van der Waals surface area contributed by atoms with Crippen LogP contribution in [0.2, 0.25) is 0 Å². The van der Waals surface area contributed by atoms with Crippen molar-refractivity contribution in [3.8, 4) is 17.2 Å². The van der Waals surface area contributed by atoms with Crippen LogP contribution < -0.4 is 14.2 Å². The molecule has 1 saturated carbocycles. The van der Waals surface area contributed by atoms with E-state index in [0.29, 0.717) is 29.2 Å². The molecule has 166 valence electrons. The molecule has 5 atom stereocenters. The van der Waals surface area contributed by atoms with Crippen LogP contribution in [0.1, 0.15) is 31.7 Å². The SMILES string of the molecule is C=CC[C@@]12C=C(O)C(=O)[C@@](OC)([C@H](c3cc(OC)c4c(c3)OCO4)[C@H]1C)[C@H]2OC(C)=O. The van der Waals surface area contributed by atoms with E-state index in [9.17, 15) is 14.7 Å². The van der Waals surface area contributed by atoms with E-state index in [1.54, 1.807) is 18.2 Å². The number of carbonyl (C=O) groups is 2. The summed E-state index contributed by atoms with van der Waals surface area (Å²) in [6.45, 7) is 7.14. The summed E-state index contributed by atoms with van der Waals surface area (Å²) in [6, 6.07) is 3.55. The second-order valence-electron chi connectivity index (χ2n) is 8.17. The van der Waals surface area contributed by atoms with Crippen LogP contribution in [-0.4, -0.2) is 49.6 Å². The van der Waals surface area contributed by atoms with E-state index >= 15 is 0 Å². The monoisotopic (exact) mass is 430 g/mol. The summed E-state index contributed by atoms with van der Waals surface area (Å²) in [5.41, 5.74) is -1.84. The lowest BCUT2D eigenvalue weighted by molar-refractivity contribution is -0.181. The van der Waals surface area contributed by atoms with Gasteiger partial charge in [0.05, 0.1) is 7.11 Å². The van der Waals surface area contributed by atoms with Gasteiger partial charge in [-0.1, -0.05) is 13.0 Å². The highest BCUT2D eigenvalue weighted by molar-refractivity contribution is 6.04. The molecule has 1 aromatic rings. The number of allylic oxidation sites excluding steroid dienone is 1. The zero-order chi connectivity index (χ0) is 22.6. The largest absolute Gasteiger partial charge is 0.505 e. The Morgan fingerprint density at radius 3 is 2.71 bits per heavy atom. The number of fused-ring (bicyclic) bond motifs is 3. The van der Waals surface area contributed by atoms with Crippen molar-refractivity contribution in [2.45, 2.75) is 37.9 Å². The molecule has 2 aliphatic carbocycles. The molecule has 1 heterocycles. The average molecular weight is 430 g/mol. The Bertz CT molecular complexity index is 982. The van der Waals surface area contributed by atoms with Gasteiger partial charge in [-0.15, -0.1) is 6.58 Å². The van der Waals surface area contributed by atoms with Crippen LogP contribution in [0.3, 0.4) is 0 Å². The lowest BCUT2D eigenvalue weighted by Gasteiger charge is -2.43. The number of benzene rings is 1. The van der Waals surface area contributed by atoms with Crippen molar-refractivity contribution in [3.05, 3.63) is 42.2 Å². The highest BCUT2D eigenvalue weighted by atomic mass is 16.7. The molecule has 2 bridgehead atoms. The third kappa shape index (κ3) is 2.70. The Balaban J connectivity index is 1.99.